The van der Waals surface area contributed by atoms with Crippen LogP contribution < -0.4 is 24.7 Å². The molecular weight excluding hydrogens is 1140 g/mol. The first-order valence-corrected chi connectivity index (χ1v) is 28.8. The average Bonchev–Trinajstić information content (AvgIpc) is 4.37. The van der Waals surface area contributed by atoms with Gasteiger partial charge >= 0.3 is 7.12 Å². The van der Waals surface area contributed by atoms with Crippen molar-refractivity contribution in [2.24, 2.45) is 0 Å². The Bertz CT molecular complexity index is 4250. The Morgan fingerprint density at radius 3 is 1.55 bits per heavy atom. The lowest BCUT2D eigenvalue weighted by Gasteiger charge is -2.32. The maximum absolute atomic E-state index is 13.5. The number of halogens is 3. The van der Waals surface area contributed by atoms with E-state index in [-0.39, 0.29) is 28.2 Å². The smallest absolute Gasteiger partial charge is 0.455 e. The quantitative estimate of drug-likeness (QED) is 0.122. The number of sulfonamides is 2. The minimum absolute atomic E-state index is 0.235. The normalized spacial score (nSPS) is 13.9. The van der Waals surface area contributed by atoms with Gasteiger partial charge in [-0.2, -0.15) is 0 Å². The van der Waals surface area contributed by atoms with Crippen LogP contribution in [0.3, 0.4) is 0 Å². The maximum Gasteiger partial charge on any atom is 0.497 e. The molecule has 0 aliphatic carbocycles. The van der Waals surface area contributed by atoms with E-state index in [0.29, 0.717) is 61.2 Å². The van der Waals surface area contributed by atoms with Crippen LogP contribution in [0.4, 0.5) is 20.2 Å². The first-order valence-electron chi connectivity index (χ1n) is 24.3. The summed E-state index contributed by atoms with van der Waals surface area (Å²) in [6.45, 7) is 7.58. The van der Waals surface area contributed by atoms with Gasteiger partial charge in [0.15, 0.2) is 11.3 Å². The van der Waals surface area contributed by atoms with Gasteiger partial charge in [0, 0.05) is 110 Å². The first kappa shape index (κ1) is 56.7. The van der Waals surface area contributed by atoms with Gasteiger partial charge in [0.1, 0.15) is 38.9 Å². The van der Waals surface area contributed by atoms with Crippen molar-refractivity contribution in [3.63, 3.8) is 0 Å². The summed E-state index contributed by atoms with van der Waals surface area (Å²) in [7, 11) is -2.35. The zero-order valence-corrected chi connectivity index (χ0v) is 48.0. The molecular formula is C54H52BBrF2N10O10S2. The molecule has 4 aromatic carbocycles. The number of nitrogens with zero attached hydrogens (tertiary/aromatic N) is 8. The lowest BCUT2D eigenvalue weighted by molar-refractivity contribution is 0.00578. The number of fused-ring (bicyclic) bond motifs is 4. The molecule has 414 valence electrons. The van der Waals surface area contributed by atoms with Gasteiger partial charge in [-0.05, 0) is 104 Å². The highest BCUT2D eigenvalue weighted by Crippen LogP contribution is 2.42. The fourth-order valence-corrected chi connectivity index (χ4v) is 9.96. The second kappa shape index (κ2) is 21.5. The Morgan fingerprint density at radius 2 is 1.07 bits per heavy atom. The summed E-state index contributed by atoms with van der Waals surface area (Å²) in [4.78, 5) is 42.6. The Hall–Kier alpha value is -8.04. The van der Waals surface area contributed by atoms with Crippen molar-refractivity contribution < 1.29 is 53.3 Å². The summed E-state index contributed by atoms with van der Waals surface area (Å²) < 4.78 is 108. The average molecular weight is 1190 g/mol. The molecule has 0 saturated carbocycles. The Kier molecular flexibility index (Phi) is 15.3. The molecule has 0 bridgehead atoms. The first-order chi connectivity index (χ1) is 37.7. The summed E-state index contributed by atoms with van der Waals surface area (Å²) in [6, 6.07) is 17.6. The number of anilines is 2. The predicted octanol–water partition coefficient (Wildman–Crippen LogP) is 8.49. The molecule has 2 N–H and O–H groups in total. The van der Waals surface area contributed by atoms with Crippen molar-refractivity contribution in [3.05, 3.63) is 150 Å². The van der Waals surface area contributed by atoms with E-state index >= 15 is 0 Å². The molecule has 11 rings (SSSR count). The van der Waals surface area contributed by atoms with Crippen LogP contribution in [0.15, 0.2) is 136 Å². The molecule has 10 aromatic rings. The fraction of sp³-hybridized carbons (Fsp3) is 0.222. The van der Waals surface area contributed by atoms with E-state index in [1.807, 2.05) is 44.5 Å². The minimum atomic E-state index is -3.66. The molecule has 1 aliphatic heterocycles. The van der Waals surface area contributed by atoms with Gasteiger partial charge in [-0.1, -0.05) is 0 Å². The number of carbonyl (C=O) groups excluding carboxylic acids is 2. The Morgan fingerprint density at radius 1 is 0.637 bits per heavy atom. The fourth-order valence-electron chi connectivity index (χ4n) is 8.61. The van der Waals surface area contributed by atoms with Gasteiger partial charge in [-0.25, -0.2) is 40.6 Å². The van der Waals surface area contributed by atoms with Gasteiger partial charge in [0.2, 0.25) is 20.0 Å². The van der Waals surface area contributed by atoms with Gasteiger partial charge < -0.3 is 37.6 Å². The van der Waals surface area contributed by atoms with Gasteiger partial charge in [-0.15, -0.1) is 0 Å². The highest BCUT2D eigenvalue weighted by molar-refractivity contribution is 9.10. The van der Waals surface area contributed by atoms with Crippen LogP contribution in [0.5, 0.6) is 0 Å². The molecule has 80 heavy (non-hydrogen) atoms. The van der Waals surface area contributed by atoms with E-state index in [1.54, 1.807) is 65.8 Å². The van der Waals surface area contributed by atoms with E-state index in [1.165, 1.54) is 76.7 Å². The lowest BCUT2D eigenvalue weighted by Crippen LogP contribution is -2.41. The van der Waals surface area contributed by atoms with Crippen molar-refractivity contribution >= 4 is 105 Å². The summed E-state index contributed by atoms with van der Waals surface area (Å²) in [6.07, 6.45) is 16.1. The highest BCUT2D eigenvalue weighted by Gasteiger charge is 2.53. The van der Waals surface area contributed by atoms with Crippen LogP contribution >= 0.6 is 15.9 Å². The summed E-state index contributed by atoms with van der Waals surface area (Å²) in [5.74, 6) is -1.19. The Labute approximate surface area is 467 Å². The van der Waals surface area contributed by atoms with E-state index in [9.17, 15) is 35.2 Å². The van der Waals surface area contributed by atoms with Crippen LogP contribution in [0.1, 0.15) is 48.4 Å². The number of furan rings is 2. The Balaban J connectivity index is 0.000000164. The molecule has 26 heteroatoms. The molecule has 6 aromatic heterocycles. The number of aromatic nitrogens is 6. The van der Waals surface area contributed by atoms with Crippen LogP contribution in [-0.4, -0.2) is 116 Å². The minimum Gasteiger partial charge on any atom is -0.455 e. The molecule has 0 unspecified atom stereocenters. The summed E-state index contributed by atoms with van der Waals surface area (Å²) in [5.41, 5.74) is 4.17. The summed E-state index contributed by atoms with van der Waals surface area (Å²) >= 11 is 3.26. The molecule has 7 heterocycles. The molecule has 1 saturated heterocycles. The number of imidazole rings is 2. The molecule has 1 fully saturated rings. The number of amides is 2. The van der Waals surface area contributed by atoms with E-state index in [2.05, 4.69) is 46.5 Å². The van der Waals surface area contributed by atoms with Crippen molar-refractivity contribution in [2.45, 2.75) is 38.9 Å². The molecule has 1 aliphatic rings. The molecule has 0 spiro atoms. The second-order valence-electron chi connectivity index (χ2n) is 19.5. The van der Waals surface area contributed by atoms with Crippen LogP contribution in [0.2, 0.25) is 0 Å². The molecule has 2 amide bonds. The number of hydrogen-bond donors (Lipinski definition) is 2. The third-order valence-corrected chi connectivity index (χ3v) is 16.5. The number of hydrogen-bond acceptors (Lipinski definition) is 14. The van der Waals surface area contributed by atoms with Crippen LogP contribution in [0.25, 0.3) is 67.1 Å². The number of benzene rings is 4. The zero-order valence-electron chi connectivity index (χ0n) is 44.7. The van der Waals surface area contributed by atoms with Gasteiger partial charge in [-0.3, -0.25) is 23.2 Å². The number of carbonyl (C=O) groups is 2. The topological polar surface area (TPSA) is 238 Å². The lowest BCUT2D eigenvalue weighted by atomic mass is 9.77. The van der Waals surface area contributed by atoms with Crippen LogP contribution in [-0.2, 0) is 29.4 Å². The van der Waals surface area contributed by atoms with E-state index in [4.69, 9.17) is 18.1 Å². The number of nitrogens with one attached hydrogen (secondary N) is 2. The monoisotopic (exact) mass is 1190 g/mol. The highest BCUT2D eigenvalue weighted by atomic mass is 79.9. The predicted molar refractivity (Wildman–Crippen MR) is 305 cm³/mol. The zero-order chi connectivity index (χ0) is 57.8. The van der Waals surface area contributed by atoms with Gasteiger partial charge in [0.05, 0.1) is 64.3 Å². The van der Waals surface area contributed by atoms with Crippen LogP contribution in [0, 0.1) is 11.6 Å². The van der Waals surface area contributed by atoms with Crippen molar-refractivity contribution in [2.75, 3.05) is 49.3 Å². The third kappa shape index (κ3) is 11.1. The van der Waals surface area contributed by atoms with Crippen molar-refractivity contribution in [3.8, 4) is 33.9 Å². The molecule has 0 atom stereocenters. The SMILES string of the molecule is Brc1cn2ccnc2cn1.CNC(=O)c1c(-c2ccc(F)cc2)oc2cc(N(C)S(C)(=O)=O)c(-c3cn4ccnc4cn3)cc12.CNC(=O)c1c(-c2ccc(F)cc2)oc2cc(N(C)S(C)(=O)=O)c(B3OC(C)(C)C(C)(C)O3)cc12. The maximum atomic E-state index is 13.5. The van der Waals surface area contributed by atoms with Gasteiger partial charge in [0.25, 0.3) is 11.8 Å². The second-order valence-corrected chi connectivity index (χ2v) is 24.3. The summed E-state index contributed by atoms with van der Waals surface area (Å²) in [5, 5.41) is 6.13. The number of rotatable bonds is 10. The third-order valence-electron chi connectivity index (χ3n) is 13.7. The molecule has 0 radical (unpaired) electrons. The van der Waals surface area contributed by atoms with Crippen molar-refractivity contribution in [1.29, 1.82) is 0 Å². The standard InChI is InChI=1S/C24H28BFN2O6S.C24H20FN5O4S.C6H4BrN3/c1-23(2)24(3,4)34-25(33-23)17-12-16-19(13-18(17)28(6)35(7,30)31)32-21(20(16)22(29)27-5)14-8-10-15(26)11-9-14;1-26-24(31)22-17-10-16(18-13-30-9-8-27-21(30)12-28-18)19(29(2)35(3,32)33)11-20(17)34-23(22)14-4-6-15(25)7-5-14;7-5-4-10-2-1-8-6(10)3-9-5/h8-13H,1-7H3,(H,27,29);4-13H,1-3H3,(H,26,31);1-4H. The molecule has 20 nitrogen and oxygen atoms in total. The largest absolute Gasteiger partial charge is 0.497 e. The van der Waals surface area contributed by atoms with Crippen molar-refractivity contribution in [1.82, 2.24) is 39.4 Å². The van der Waals surface area contributed by atoms with E-state index in [0.717, 1.165) is 31.4 Å². The van der Waals surface area contributed by atoms with E-state index < -0.39 is 61.8 Å².